The van der Waals surface area contributed by atoms with E-state index in [1.165, 1.54) is 12.8 Å². The van der Waals surface area contributed by atoms with Crippen LogP contribution in [0.3, 0.4) is 0 Å². The van der Waals surface area contributed by atoms with Gasteiger partial charge in [-0.05, 0) is 57.1 Å². The number of rotatable bonds is 6. The van der Waals surface area contributed by atoms with E-state index in [2.05, 4.69) is 21.3 Å². The fraction of sp³-hybridized carbons (Fsp3) is 0.333. The van der Waals surface area contributed by atoms with Gasteiger partial charge in [0.2, 0.25) is 17.5 Å². The van der Waals surface area contributed by atoms with Crippen molar-refractivity contribution in [2.24, 2.45) is 0 Å². The number of hydrogen-bond donors (Lipinski definition) is 1. The minimum Gasteiger partial charge on any atom is -0.468 e. The average Bonchev–Trinajstić information content (AvgIpc) is 3.45. The lowest BCUT2D eigenvalue weighted by atomic mass is 10.1. The van der Waals surface area contributed by atoms with Gasteiger partial charge in [0, 0.05) is 12.1 Å². The second kappa shape index (κ2) is 7.68. The van der Waals surface area contributed by atoms with Gasteiger partial charge in [-0.3, -0.25) is 4.90 Å². The molecule has 1 aliphatic heterocycles. The maximum Gasteiger partial charge on any atom is 0.232 e. The maximum atomic E-state index is 9.44. The van der Waals surface area contributed by atoms with Crippen molar-refractivity contribution in [3.63, 3.8) is 0 Å². The van der Waals surface area contributed by atoms with Gasteiger partial charge < -0.3 is 14.2 Å². The minimum absolute atomic E-state index is 0.0990. The Labute approximate surface area is 158 Å². The Morgan fingerprint density at radius 3 is 2.67 bits per heavy atom. The van der Waals surface area contributed by atoms with Crippen molar-refractivity contribution >= 4 is 5.88 Å². The summed E-state index contributed by atoms with van der Waals surface area (Å²) in [7, 11) is 0. The van der Waals surface area contributed by atoms with Crippen LogP contribution in [0.25, 0.3) is 11.5 Å². The van der Waals surface area contributed by atoms with E-state index < -0.39 is 0 Å². The van der Waals surface area contributed by atoms with Crippen LogP contribution in [0.4, 0.5) is 5.88 Å². The van der Waals surface area contributed by atoms with Gasteiger partial charge in [-0.15, -0.1) is 0 Å². The molecular weight excluding hydrogens is 340 g/mol. The number of anilines is 1. The topological polar surface area (TPSA) is 78.2 Å². The molecular formula is C21H22N4O2. The fourth-order valence-electron chi connectivity index (χ4n) is 3.47. The lowest BCUT2D eigenvalue weighted by Crippen LogP contribution is -2.30. The van der Waals surface area contributed by atoms with Gasteiger partial charge in [0.15, 0.2) is 0 Å². The molecule has 4 rings (SSSR count). The number of likely N-dealkylation sites (tertiary alicyclic amines) is 1. The Balaban J connectivity index is 1.54. The molecule has 0 saturated carbocycles. The predicted octanol–water partition coefficient (Wildman–Crippen LogP) is 4.36. The van der Waals surface area contributed by atoms with Gasteiger partial charge in [-0.2, -0.15) is 10.2 Å². The smallest absolute Gasteiger partial charge is 0.232 e. The van der Waals surface area contributed by atoms with Crippen molar-refractivity contribution in [2.75, 3.05) is 25.0 Å². The zero-order chi connectivity index (χ0) is 18.6. The molecule has 3 heterocycles. The molecule has 3 aromatic rings. The van der Waals surface area contributed by atoms with E-state index in [0.717, 1.165) is 30.0 Å². The van der Waals surface area contributed by atoms with Crippen LogP contribution < -0.4 is 5.32 Å². The van der Waals surface area contributed by atoms with Crippen LogP contribution in [0.5, 0.6) is 0 Å². The van der Waals surface area contributed by atoms with E-state index in [1.54, 1.807) is 6.26 Å². The molecule has 6 heteroatoms. The Morgan fingerprint density at radius 1 is 1.22 bits per heavy atom. The largest absolute Gasteiger partial charge is 0.468 e. The molecule has 0 aliphatic carbocycles. The molecule has 1 aromatic carbocycles. The van der Waals surface area contributed by atoms with Crippen molar-refractivity contribution in [3.05, 3.63) is 59.7 Å². The number of oxazole rings is 1. The Bertz CT molecular complexity index is 916. The average molecular weight is 362 g/mol. The van der Waals surface area contributed by atoms with E-state index in [-0.39, 0.29) is 11.7 Å². The van der Waals surface area contributed by atoms with E-state index >= 15 is 0 Å². The molecule has 1 saturated heterocycles. The molecule has 1 atom stereocenters. The highest BCUT2D eigenvalue weighted by atomic mass is 16.4. The molecule has 27 heavy (non-hydrogen) atoms. The third-order valence-corrected chi connectivity index (χ3v) is 4.94. The standard InChI is InChI=1S/C21H22N4O2/c1-15-6-8-16(9-7-15)20-24-17(13-22)21(27-20)23-14-18(19-5-4-12-26-19)25-10-2-3-11-25/h4-9,12,18,23H,2-3,10-11,14H2,1H3. The summed E-state index contributed by atoms with van der Waals surface area (Å²) in [5.74, 6) is 1.77. The van der Waals surface area contributed by atoms with Crippen LogP contribution in [0.15, 0.2) is 51.5 Å². The van der Waals surface area contributed by atoms with Gasteiger partial charge in [0.1, 0.15) is 11.8 Å². The van der Waals surface area contributed by atoms with Crippen LogP contribution in [-0.2, 0) is 0 Å². The first-order valence-corrected chi connectivity index (χ1v) is 9.24. The van der Waals surface area contributed by atoms with Crippen molar-refractivity contribution in [3.8, 4) is 17.5 Å². The zero-order valence-corrected chi connectivity index (χ0v) is 15.3. The summed E-state index contributed by atoms with van der Waals surface area (Å²) in [6, 6.07) is 14.0. The first kappa shape index (κ1) is 17.4. The number of nitriles is 1. The van der Waals surface area contributed by atoms with Crippen LogP contribution in [0.2, 0.25) is 0 Å². The van der Waals surface area contributed by atoms with E-state index in [4.69, 9.17) is 8.83 Å². The van der Waals surface area contributed by atoms with Crippen LogP contribution in [0.1, 0.15) is 35.9 Å². The number of hydrogen-bond acceptors (Lipinski definition) is 6. The maximum absolute atomic E-state index is 9.44. The van der Waals surface area contributed by atoms with Gasteiger partial charge in [0.25, 0.3) is 0 Å². The number of furan rings is 1. The molecule has 0 radical (unpaired) electrons. The van der Waals surface area contributed by atoms with E-state index in [9.17, 15) is 5.26 Å². The summed E-state index contributed by atoms with van der Waals surface area (Å²) < 4.78 is 11.5. The second-order valence-corrected chi connectivity index (χ2v) is 6.83. The summed E-state index contributed by atoms with van der Waals surface area (Å²) in [6.45, 7) is 4.71. The molecule has 1 N–H and O–H groups in total. The molecule has 6 nitrogen and oxygen atoms in total. The molecule has 138 valence electrons. The van der Waals surface area contributed by atoms with E-state index in [1.807, 2.05) is 43.3 Å². The molecule has 0 spiro atoms. The third-order valence-electron chi connectivity index (χ3n) is 4.94. The molecule has 1 fully saturated rings. The Morgan fingerprint density at radius 2 is 2.00 bits per heavy atom. The van der Waals surface area contributed by atoms with E-state index in [0.29, 0.717) is 18.3 Å². The van der Waals surface area contributed by atoms with Gasteiger partial charge in [-0.25, -0.2) is 0 Å². The van der Waals surface area contributed by atoms with Crippen molar-refractivity contribution in [1.29, 1.82) is 5.26 Å². The number of benzene rings is 1. The highest BCUT2D eigenvalue weighted by molar-refractivity contribution is 5.59. The molecule has 0 bridgehead atoms. The van der Waals surface area contributed by atoms with Crippen molar-refractivity contribution in [2.45, 2.75) is 25.8 Å². The zero-order valence-electron chi connectivity index (χ0n) is 15.3. The quantitative estimate of drug-likeness (QED) is 0.702. The van der Waals surface area contributed by atoms with Crippen molar-refractivity contribution in [1.82, 2.24) is 9.88 Å². The van der Waals surface area contributed by atoms with Gasteiger partial charge >= 0.3 is 0 Å². The summed E-state index contributed by atoms with van der Waals surface area (Å²) >= 11 is 0. The van der Waals surface area contributed by atoms with Crippen LogP contribution >= 0.6 is 0 Å². The SMILES string of the molecule is Cc1ccc(-c2nc(C#N)c(NCC(c3ccco3)N3CCCC3)o2)cc1. The van der Waals surface area contributed by atoms with Crippen molar-refractivity contribution < 1.29 is 8.83 Å². The monoisotopic (exact) mass is 362 g/mol. The summed E-state index contributed by atoms with van der Waals surface area (Å²) in [5.41, 5.74) is 2.29. The molecule has 1 aliphatic rings. The number of aryl methyl sites for hydroxylation is 1. The highest BCUT2D eigenvalue weighted by Gasteiger charge is 2.26. The third kappa shape index (κ3) is 3.74. The summed E-state index contributed by atoms with van der Waals surface area (Å²) in [4.78, 5) is 6.74. The molecule has 1 unspecified atom stereocenters. The lowest BCUT2D eigenvalue weighted by molar-refractivity contribution is 0.224. The molecule has 2 aromatic heterocycles. The second-order valence-electron chi connectivity index (χ2n) is 6.83. The van der Waals surface area contributed by atoms with Crippen LogP contribution in [-0.4, -0.2) is 29.5 Å². The lowest BCUT2D eigenvalue weighted by Gasteiger charge is -2.25. The molecule has 0 amide bonds. The Hall–Kier alpha value is -3.04. The van der Waals surface area contributed by atoms with Gasteiger partial charge in [-0.1, -0.05) is 17.7 Å². The predicted molar refractivity (Wildman–Crippen MR) is 102 cm³/mol. The van der Waals surface area contributed by atoms with Crippen LogP contribution in [0, 0.1) is 18.3 Å². The summed E-state index contributed by atoms with van der Waals surface area (Å²) in [5, 5.41) is 12.7. The summed E-state index contributed by atoms with van der Waals surface area (Å²) in [6.07, 6.45) is 4.09. The van der Waals surface area contributed by atoms with Gasteiger partial charge in [0.05, 0.1) is 12.3 Å². The normalized spacial score (nSPS) is 15.6. The Kier molecular flexibility index (Phi) is 4.95. The fourth-order valence-corrected chi connectivity index (χ4v) is 3.47. The first-order valence-electron chi connectivity index (χ1n) is 9.24. The highest BCUT2D eigenvalue weighted by Crippen LogP contribution is 2.29. The number of aromatic nitrogens is 1. The number of nitrogens with one attached hydrogen (secondary N) is 1. The first-order chi connectivity index (χ1) is 13.2. The number of nitrogens with zero attached hydrogens (tertiary/aromatic N) is 3. The minimum atomic E-state index is 0.0990.